The van der Waals surface area contributed by atoms with Gasteiger partial charge in [0.1, 0.15) is 5.75 Å². The van der Waals surface area contributed by atoms with Crippen molar-refractivity contribution in [3.05, 3.63) is 52.5 Å². The van der Waals surface area contributed by atoms with Crippen molar-refractivity contribution in [1.82, 2.24) is 4.31 Å². The van der Waals surface area contributed by atoms with E-state index in [1.165, 1.54) is 16.4 Å². The third-order valence-corrected chi connectivity index (χ3v) is 7.32. The predicted octanol–water partition coefficient (Wildman–Crippen LogP) is 4.43. The van der Waals surface area contributed by atoms with Gasteiger partial charge < -0.3 is 10.1 Å². The largest absolute Gasteiger partial charge is 0.492 e. The Bertz CT molecular complexity index is 990. The van der Waals surface area contributed by atoms with E-state index in [0.717, 1.165) is 0 Å². The summed E-state index contributed by atoms with van der Waals surface area (Å²) < 4.78 is 32.6. The molecule has 1 amide bonds. The predicted molar refractivity (Wildman–Crippen MR) is 114 cm³/mol. The molecule has 6 nitrogen and oxygen atoms in total. The third-order valence-electron chi connectivity index (χ3n) is 4.80. The first-order valence-corrected chi connectivity index (χ1v) is 11.5. The number of amides is 1. The van der Waals surface area contributed by atoms with Crippen LogP contribution in [-0.2, 0) is 14.8 Å². The summed E-state index contributed by atoms with van der Waals surface area (Å²) in [5.41, 5.74) is 0.554. The summed E-state index contributed by atoms with van der Waals surface area (Å²) in [5, 5.41) is 3.54. The average Bonchev–Trinajstić information content (AvgIpc) is 2.71. The van der Waals surface area contributed by atoms with Gasteiger partial charge in [-0.05, 0) is 50.1 Å². The van der Waals surface area contributed by atoms with Crippen molar-refractivity contribution in [3.8, 4) is 5.75 Å². The Hall–Kier alpha value is -1.80. The minimum Gasteiger partial charge on any atom is -0.492 e. The summed E-state index contributed by atoms with van der Waals surface area (Å²) >= 11 is 12.2. The lowest BCUT2D eigenvalue weighted by Gasteiger charge is -2.30. The topological polar surface area (TPSA) is 75.7 Å². The Balaban J connectivity index is 1.64. The number of halogens is 2. The summed E-state index contributed by atoms with van der Waals surface area (Å²) in [7, 11) is -3.69. The van der Waals surface area contributed by atoms with Gasteiger partial charge >= 0.3 is 0 Å². The SMILES string of the molecule is CCOc1ccc(S(=O)(=O)N2CCC(C(=O)Nc3ccccc3Cl)CC2)cc1Cl. The lowest BCUT2D eigenvalue weighted by atomic mass is 9.97. The van der Waals surface area contributed by atoms with Crippen molar-refractivity contribution < 1.29 is 17.9 Å². The van der Waals surface area contributed by atoms with Crippen LogP contribution in [0, 0.1) is 5.92 Å². The monoisotopic (exact) mass is 456 g/mol. The van der Waals surface area contributed by atoms with Gasteiger partial charge in [-0.25, -0.2) is 8.42 Å². The minimum atomic E-state index is -3.69. The van der Waals surface area contributed by atoms with Crippen LogP contribution < -0.4 is 10.1 Å². The molecule has 0 aliphatic carbocycles. The zero-order valence-corrected chi connectivity index (χ0v) is 18.2. The van der Waals surface area contributed by atoms with Gasteiger partial charge in [0.15, 0.2) is 0 Å². The second-order valence-electron chi connectivity index (χ2n) is 6.67. The van der Waals surface area contributed by atoms with E-state index in [9.17, 15) is 13.2 Å². The second-order valence-corrected chi connectivity index (χ2v) is 9.43. The first kappa shape index (κ1) is 21.9. The fraction of sp³-hybridized carbons (Fsp3) is 0.350. The van der Waals surface area contributed by atoms with Crippen molar-refractivity contribution in [2.75, 3.05) is 25.0 Å². The number of para-hydroxylation sites is 1. The van der Waals surface area contributed by atoms with Gasteiger partial charge in [0.05, 0.1) is 27.2 Å². The van der Waals surface area contributed by atoms with E-state index in [2.05, 4.69) is 5.32 Å². The van der Waals surface area contributed by atoms with Crippen LogP contribution in [0.2, 0.25) is 10.0 Å². The molecule has 0 saturated carbocycles. The highest BCUT2D eigenvalue weighted by molar-refractivity contribution is 7.89. The normalized spacial score (nSPS) is 15.8. The number of carbonyl (C=O) groups is 1. The molecular weight excluding hydrogens is 435 g/mol. The van der Waals surface area contributed by atoms with Crippen molar-refractivity contribution >= 4 is 44.8 Å². The number of benzene rings is 2. The molecule has 1 N–H and O–H groups in total. The van der Waals surface area contributed by atoms with E-state index in [1.54, 1.807) is 30.3 Å². The van der Waals surface area contributed by atoms with Gasteiger partial charge in [-0.1, -0.05) is 35.3 Å². The van der Waals surface area contributed by atoms with Crippen molar-refractivity contribution in [1.29, 1.82) is 0 Å². The summed E-state index contributed by atoms with van der Waals surface area (Å²) in [6, 6.07) is 11.5. The molecule has 1 aliphatic heterocycles. The Morgan fingerprint density at radius 2 is 1.83 bits per heavy atom. The average molecular weight is 457 g/mol. The number of sulfonamides is 1. The molecule has 0 aromatic heterocycles. The maximum atomic E-state index is 12.9. The number of nitrogens with one attached hydrogen (secondary N) is 1. The molecule has 9 heteroatoms. The minimum absolute atomic E-state index is 0.116. The Morgan fingerprint density at radius 1 is 1.14 bits per heavy atom. The van der Waals surface area contributed by atoms with E-state index in [4.69, 9.17) is 27.9 Å². The van der Waals surface area contributed by atoms with Crippen molar-refractivity contribution in [2.24, 2.45) is 5.92 Å². The van der Waals surface area contributed by atoms with Gasteiger partial charge in [-0.15, -0.1) is 0 Å². The molecular formula is C20H22Cl2N2O4S. The highest BCUT2D eigenvalue weighted by Gasteiger charge is 2.32. The highest BCUT2D eigenvalue weighted by Crippen LogP contribution is 2.31. The molecule has 2 aromatic carbocycles. The maximum absolute atomic E-state index is 12.9. The number of piperidine rings is 1. The van der Waals surface area contributed by atoms with Crippen molar-refractivity contribution in [3.63, 3.8) is 0 Å². The molecule has 1 saturated heterocycles. The quantitative estimate of drug-likeness (QED) is 0.697. The molecule has 0 unspecified atom stereocenters. The molecule has 0 bridgehead atoms. The summed E-state index contributed by atoms with van der Waals surface area (Å²) in [4.78, 5) is 12.6. The molecule has 156 valence electrons. The fourth-order valence-electron chi connectivity index (χ4n) is 3.22. The van der Waals surface area contributed by atoms with E-state index in [0.29, 0.717) is 35.9 Å². The van der Waals surface area contributed by atoms with E-state index in [1.807, 2.05) is 6.92 Å². The molecule has 29 heavy (non-hydrogen) atoms. The molecule has 0 atom stereocenters. The van der Waals surface area contributed by atoms with Gasteiger partial charge in [0.2, 0.25) is 15.9 Å². The van der Waals surface area contributed by atoms with Gasteiger partial charge in [-0.3, -0.25) is 4.79 Å². The van der Waals surface area contributed by atoms with Crippen LogP contribution in [0.15, 0.2) is 47.4 Å². The van der Waals surface area contributed by atoms with Crippen LogP contribution in [-0.4, -0.2) is 38.3 Å². The van der Waals surface area contributed by atoms with Crippen LogP contribution in [0.1, 0.15) is 19.8 Å². The molecule has 1 fully saturated rings. The molecule has 2 aromatic rings. The first-order chi connectivity index (χ1) is 13.8. The number of hydrogen-bond acceptors (Lipinski definition) is 4. The Kier molecular flexibility index (Phi) is 7.05. The molecule has 3 rings (SSSR count). The Morgan fingerprint density at radius 3 is 2.45 bits per heavy atom. The number of nitrogens with zero attached hydrogens (tertiary/aromatic N) is 1. The smallest absolute Gasteiger partial charge is 0.243 e. The van der Waals surface area contributed by atoms with Crippen molar-refractivity contribution in [2.45, 2.75) is 24.7 Å². The molecule has 0 spiro atoms. The number of hydrogen-bond donors (Lipinski definition) is 1. The maximum Gasteiger partial charge on any atom is 0.243 e. The van der Waals surface area contributed by atoms with Gasteiger partial charge in [0, 0.05) is 19.0 Å². The zero-order chi connectivity index (χ0) is 21.0. The molecule has 1 heterocycles. The third kappa shape index (κ3) is 5.04. The molecule has 1 aliphatic rings. The Labute approximate surface area is 180 Å². The van der Waals surface area contributed by atoms with Crippen LogP contribution in [0.3, 0.4) is 0 Å². The number of rotatable bonds is 6. The van der Waals surface area contributed by atoms with E-state index >= 15 is 0 Å². The van der Waals surface area contributed by atoms with E-state index in [-0.39, 0.29) is 34.8 Å². The van der Waals surface area contributed by atoms with Crippen LogP contribution in [0.5, 0.6) is 5.75 Å². The highest BCUT2D eigenvalue weighted by atomic mass is 35.5. The zero-order valence-electron chi connectivity index (χ0n) is 15.9. The summed E-state index contributed by atoms with van der Waals surface area (Å²) in [6.07, 6.45) is 0.862. The summed E-state index contributed by atoms with van der Waals surface area (Å²) in [5.74, 6) is 0.0176. The first-order valence-electron chi connectivity index (χ1n) is 9.31. The standard InChI is InChI=1S/C20H22Cl2N2O4S/c1-2-28-19-8-7-15(13-17(19)22)29(26,27)24-11-9-14(10-12-24)20(25)23-18-6-4-3-5-16(18)21/h3-8,13-14H,2,9-12H2,1H3,(H,23,25). The van der Waals surface area contributed by atoms with Gasteiger partial charge in [0.25, 0.3) is 0 Å². The van der Waals surface area contributed by atoms with Crippen LogP contribution >= 0.6 is 23.2 Å². The summed E-state index contributed by atoms with van der Waals surface area (Å²) in [6.45, 7) is 2.78. The number of anilines is 1. The second kappa shape index (κ2) is 9.34. The number of ether oxygens (including phenoxy) is 1. The van der Waals surface area contributed by atoms with Gasteiger partial charge in [-0.2, -0.15) is 4.31 Å². The fourth-order valence-corrected chi connectivity index (χ4v) is 5.20. The lowest BCUT2D eigenvalue weighted by molar-refractivity contribution is -0.120. The van der Waals surface area contributed by atoms with Crippen LogP contribution in [0.4, 0.5) is 5.69 Å². The lowest BCUT2D eigenvalue weighted by Crippen LogP contribution is -2.41. The number of carbonyl (C=O) groups excluding carboxylic acids is 1. The molecule has 0 radical (unpaired) electrons. The van der Waals surface area contributed by atoms with Crippen LogP contribution in [0.25, 0.3) is 0 Å². The van der Waals surface area contributed by atoms with E-state index < -0.39 is 10.0 Å².